The molecule has 0 spiro atoms. The molecule has 1 fully saturated rings. The molecule has 144 valence electrons. The van der Waals surface area contributed by atoms with Crippen molar-refractivity contribution in [1.29, 1.82) is 0 Å². The van der Waals surface area contributed by atoms with Crippen LogP contribution in [-0.4, -0.2) is 46.6 Å². The number of nitrogens with one attached hydrogen (secondary N) is 1. The van der Waals surface area contributed by atoms with Crippen LogP contribution >= 0.6 is 23.2 Å². The number of anilines is 1. The number of rotatable bonds is 5. The molecule has 0 radical (unpaired) electrons. The highest BCUT2D eigenvalue weighted by molar-refractivity contribution is 6.40. The zero-order valence-corrected chi connectivity index (χ0v) is 16.7. The van der Waals surface area contributed by atoms with Gasteiger partial charge in [-0.15, -0.1) is 0 Å². The van der Waals surface area contributed by atoms with Gasteiger partial charge in [0.1, 0.15) is 5.75 Å². The molecule has 5 nitrogen and oxygen atoms in total. The largest absolute Gasteiger partial charge is 0.508 e. The Kier molecular flexibility index (Phi) is 6.47. The number of urea groups is 1. The number of benzene rings is 2. The molecule has 1 unspecified atom stereocenters. The molecule has 7 heteroatoms. The molecule has 2 amide bonds. The number of aromatic hydroxyl groups is 1. The maximum Gasteiger partial charge on any atom is 0.322 e. The average molecular weight is 408 g/mol. The van der Waals surface area contributed by atoms with Crippen molar-refractivity contribution in [3.8, 4) is 5.75 Å². The van der Waals surface area contributed by atoms with Gasteiger partial charge < -0.3 is 15.3 Å². The third kappa shape index (κ3) is 4.86. The van der Waals surface area contributed by atoms with Gasteiger partial charge in [-0.2, -0.15) is 0 Å². The molecule has 1 saturated heterocycles. The van der Waals surface area contributed by atoms with Gasteiger partial charge >= 0.3 is 6.03 Å². The van der Waals surface area contributed by atoms with Gasteiger partial charge in [-0.1, -0.05) is 53.5 Å². The summed E-state index contributed by atoms with van der Waals surface area (Å²) in [7, 11) is 0. The standard InChI is InChI=1S/C20H23Cl2N3O2/c1-2-25(20(27)23-19-17(21)10-16(26)11-18(19)22)15-8-9-24(13-15)12-14-6-4-3-5-7-14/h3-7,10-11,15,26H,2,8-9,12-13H2,1H3,(H,23,27). The summed E-state index contributed by atoms with van der Waals surface area (Å²) in [5, 5.41) is 12.7. The van der Waals surface area contributed by atoms with Crippen LogP contribution in [0.3, 0.4) is 0 Å². The van der Waals surface area contributed by atoms with E-state index < -0.39 is 0 Å². The molecule has 1 aliphatic rings. The summed E-state index contributed by atoms with van der Waals surface area (Å²) in [6.07, 6.45) is 0.922. The monoisotopic (exact) mass is 407 g/mol. The lowest BCUT2D eigenvalue weighted by molar-refractivity contribution is 0.189. The number of amides is 2. The van der Waals surface area contributed by atoms with Gasteiger partial charge in [0.2, 0.25) is 0 Å². The Morgan fingerprint density at radius 3 is 2.56 bits per heavy atom. The van der Waals surface area contributed by atoms with Gasteiger partial charge in [0.05, 0.1) is 15.7 Å². The van der Waals surface area contributed by atoms with E-state index in [0.717, 1.165) is 26.1 Å². The molecule has 2 N–H and O–H groups in total. The quantitative estimate of drug-likeness (QED) is 0.697. The predicted octanol–water partition coefficient (Wildman–Crippen LogP) is 4.83. The Bertz CT molecular complexity index is 778. The summed E-state index contributed by atoms with van der Waals surface area (Å²) in [6.45, 7) is 5.20. The van der Waals surface area contributed by atoms with E-state index in [4.69, 9.17) is 23.2 Å². The topological polar surface area (TPSA) is 55.8 Å². The van der Waals surface area contributed by atoms with Crippen molar-refractivity contribution >= 4 is 34.9 Å². The summed E-state index contributed by atoms with van der Waals surface area (Å²) in [6, 6.07) is 12.9. The summed E-state index contributed by atoms with van der Waals surface area (Å²) in [5.74, 6) is -0.0392. The molecular formula is C20H23Cl2N3O2. The van der Waals surface area contributed by atoms with E-state index in [-0.39, 0.29) is 27.9 Å². The van der Waals surface area contributed by atoms with Crippen molar-refractivity contribution < 1.29 is 9.90 Å². The number of hydrogen-bond acceptors (Lipinski definition) is 3. The number of carbonyl (C=O) groups excluding carboxylic acids is 1. The molecule has 27 heavy (non-hydrogen) atoms. The van der Waals surface area contributed by atoms with Gasteiger partial charge in [-0.3, -0.25) is 4.90 Å². The lowest BCUT2D eigenvalue weighted by Gasteiger charge is -2.28. The van der Waals surface area contributed by atoms with Crippen molar-refractivity contribution in [1.82, 2.24) is 9.80 Å². The lowest BCUT2D eigenvalue weighted by Crippen LogP contribution is -2.44. The Morgan fingerprint density at radius 2 is 1.93 bits per heavy atom. The molecule has 1 atom stereocenters. The summed E-state index contributed by atoms with van der Waals surface area (Å²) in [4.78, 5) is 17.0. The minimum Gasteiger partial charge on any atom is -0.508 e. The van der Waals surface area contributed by atoms with Crippen LogP contribution < -0.4 is 5.32 Å². The fourth-order valence-electron chi connectivity index (χ4n) is 3.48. The molecule has 0 aliphatic carbocycles. The first-order valence-electron chi connectivity index (χ1n) is 8.99. The SMILES string of the molecule is CCN(C(=O)Nc1c(Cl)cc(O)cc1Cl)C1CCN(Cc2ccccc2)C1. The zero-order valence-electron chi connectivity index (χ0n) is 15.2. The van der Waals surface area contributed by atoms with Crippen LogP contribution in [0.1, 0.15) is 18.9 Å². The number of likely N-dealkylation sites (tertiary alicyclic amines) is 1. The second kappa shape index (κ2) is 8.83. The fourth-order valence-corrected chi connectivity index (χ4v) is 4.05. The van der Waals surface area contributed by atoms with E-state index in [1.807, 2.05) is 30.0 Å². The number of phenols is 1. The second-order valence-electron chi connectivity index (χ2n) is 6.66. The van der Waals surface area contributed by atoms with Gasteiger partial charge in [-0.25, -0.2) is 4.79 Å². The van der Waals surface area contributed by atoms with Crippen molar-refractivity contribution in [3.63, 3.8) is 0 Å². The van der Waals surface area contributed by atoms with Crippen LogP contribution in [0.25, 0.3) is 0 Å². The lowest BCUT2D eigenvalue weighted by atomic mass is 10.2. The van der Waals surface area contributed by atoms with Crippen molar-refractivity contribution in [2.75, 3.05) is 25.0 Å². The molecule has 2 aromatic carbocycles. The van der Waals surface area contributed by atoms with Crippen LogP contribution in [0.4, 0.5) is 10.5 Å². The van der Waals surface area contributed by atoms with Gasteiger partial charge in [0.25, 0.3) is 0 Å². The summed E-state index contributed by atoms with van der Waals surface area (Å²) < 4.78 is 0. The fraction of sp³-hybridized carbons (Fsp3) is 0.350. The number of carbonyl (C=O) groups is 1. The maximum absolute atomic E-state index is 12.8. The zero-order chi connectivity index (χ0) is 19.4. The van der Waals surface area contributed by atoms with E-state index in [1.165, 1.54) is 17.7 Å². The molecule has 3 rings (SSSR count). The summed E-state index contributed by atoms with van der Waals surface area (Å²) >= 11 is 12.2. The highest BCUT2D eigenvalue weighted by Gasteiger charge is 2.30. The molecule has 0 saturated carbocycles. The maximum atomic E-state index is 12.8. The average Bonchev–Trinajstić information content (AvgIpc) is 3.07. The van der Waals surface area contributed by atoms with E-state index in [0.29, 0.717) is 12.2 Å². The smallest absolute Gasteiger partial charge is 0.322 e. The van der Waals surface area contributed by atoms with Crippen LogP contribution in [0.15, 0.2) is 42.5 Å². The molecular weight excluding hydrogens is 385 g/mol. The second-order valence-corrected chi connectivity index (χ2v) is 7.48. The van der Waals surface area contributed by atoms with Gasteiger partial charge in [0, 0.05) is 44.4 Å². The van der Waals surface area contributed by atoms with Gasteiger partial charge in [0.15, 0.2) is 0 Å². The van der Waals surface area contributed by atoms with E-state index in [2.05, 4.69) is 22.3 Å². The van der Waals surface area contributed by atoms with Crippen molar-refractivity contribution in [2.24, 2.45) is 0 Å². The third-order valence-electron chi connectivity index (χ3n) is 4.80. The highest BCUT2D eigenvalue weighted by Crippen LogP contribution is 2.34. The third-order valence-corrected chi connectivity index (χ3v) is 5.39. The van der Waals surface area contributed by atoms with Crippen molar-refractivity contribution in [2.45, 2.75) is 25.9 Å². The Labute approximate surface area is 169 Å². The number of hydrogen-bond donors (Lipinski definition) is 2. The normalized spacial score (nSPS) is 17.1. The first-order chi connectivity index (χ1) is 13.0. The molecule has 1 heterocycles. The molecule has 0 bridgehead atoms. The number of nitrogens with zero attached hydrogens (tertiary/aromatic N) is 2. The van der Waals surface area contributed by atoms with Crippen LogP contribution in [0.2, 0.25) is 10.0 Å². The van der Waals surface area contributed by atoms with Crippen LogP contribution in [-0.2, 0) is 6.54 Å². The first-order valence-corrected chi connectivity index (χ1v) is 9.75. The highest BCUT2D eigenvalue weighted by atomic mass is 35.5. The van der Waals surface area contributed by atoms with Crippen molar-refractivity contribution in [3.05, 3.63) is 58.1 Å². The molecule has 0 aromatic heterocycles. The Balaban J connectivity index is 1.64. The van der Waals surface area contributed by atoms with E-state index in [9.17, 15) is 9.90 Å². The van der Waals surface area contributed by atoms with Crippen LogP contribution in [0.5, 0.6) is 5.75 Å². The number of phenolic OH excluding ortho intramolecular Hbond substituents is 1. The number of likely N-dealkylation sites (N-methyl/N-ethyl adjacent to an activating group) is 1. The minimum atomic E-state index is -0.237. The van der Waals surface area contributed by atoms with E-state index in [1.54, 1.807) is 0 Å². The predicted molar refractivity (Wildman–Crippen MR) is 110 cm³/mol. The van der Waals surface area contributed by atoms with Gasteiger partial charge in [-0.05, 0) is 18.9 Å². The van der Waals surface area contributed by atoms with E-state index >= 15 is 0 Å². The Morgan fingerprint density at radius 1 is 1.26 bits per heavy atom. The Hall–Kier alpha value is -1.95. The minimum absolute atomic E-state index is 0.0392. The summed E-state index contributed by atoms with van der Waals surface area (Å²) in [5.41, 5.74) is 1.59. The molecule has 1 aliphatic heterocycles. The first kappa shape index (κ1) is 19.8. The van der Waals surface area contributed by atoms with Crippen LogP contribution in [0, 0.1) is 0 Å². The molecule has 2 aromatic rings. The number of halogens is 2.